The van der Waals surface area contributed by atoms with E-state index in [0.29, 0.717) is 18.6 Å². The Balaban J connectivity index is 2.32. The van der Waals surface area contributed by atoms with Gasteiger partial charge in [-0.2, -0.15) is 0 Å². The number of carboxylic acid groups (broad SMARTS) is 1. The fourth-order valence-electron chi connectivity index (χ4n) is 2.54. The average molecular weight is 312 g/mol. The molecule has 0 spiro atoms. The van der Waals surface area contributed by atoms with E-state index < -0.39 is 15.8 Å². The highest BCUT2D eigenvalue weighted by atomic mass is 32.2. The maximum Gasteiger partial charge on any atom is 0.335 e. The number of benzene rings is 1. The van der Waals surface area contributed by atoms with Gasteiger partial charge < -0.3 is 9.84 Å². The average Bonchev–Trinajstić information content (AvgIpc) is 2.47. The first-order chi connectivity index (χ1) is 9.94. The predicted molar refractivity (Wildman–Crippen MR) is 78.4 cm³/mol. The summed E-state index contributed by atoms with van der Waals surface area (Å²) in [6.45, 7) is 2.45. The maximum atomic E-state index is 12.6. The Morgan fingerprint density at radius 2 is 2.14 bits per heavy atom. The van der Waals surface area contributed by atoms with E-state index in [1.807, 2.05) is 6.92 Å². The summed E-state index contributed by atoms with van der Waals surface area (Å²) in [7, 11) is -3.55. The third-order valence-corrected chi connectivity index (χ3v) is 5.57. The third kappa shape index (κ3) is 3.83. The van der Waals surface area contributed by atoms with Crippen LogP contribution >= 0.6 is 0 Å². The quantitative estimate of drug-likeness (QED) is 0.902. The van der Waals surface area contributed by atoms with E-state index in [1.165, 1.54) is 12.1 Å². The summed E-state index contributed by atoms with van der Waals surface area (Å²) < 4.78 is 30.7. The van der Waals surface area contributed by atoms with Crippen LogP contribution in [0.2, 0.25) is 0 Å². The lowest BCUT2D eigenvalue weighted by Gasteiger charge is -2.23. The molecule has 1 atom stereocenters. The van der Waals surface area contributed by atoms with Gasteiger partial charge >= 0.3 is 5.97 Å². The number of rotatable bonds is 5. The number of carbonyl (C=O) groups is 1. The van der Waals surface area contributed by atoms with E-state index in [2.05, 4.69) is 0 Å². The number of carboxylic acids is 1. The summed E-state index contributed by atoms with van der Waals surface area (Å²) in [4.78, 5) is 11.2. The highest BCUT2D eigenvalue weighted by molar-refractivity contribution is 7.91. The molecule has 1 saturated heterocycles. The van der Waals surface area contributed by atoms with Crippen molar-refractivity contribution < 1.29 is 23.1 Å². The number of ether oxygens (including phenoxy) is 1. The molecule has 0 radical (unpaired) electrons. The number of hydrogen-bond donors (Lipinski definition) is 1. The molecule has 1 fully saturated rings. The molecule has 0 saturated carbocycles. The Morgan fingerprint density at radius 3 is 2.71 bits per heavy atom. The van der Waals surface area contributed by atoms with Crippen LogP contribution in [0.1, 0.15) is 42.1 Å². The van der Waals surface area contributed by atoms with Gasteiger partial charge in [-0.05, 0) is 43.4 Å². The summed E-state index contributed by atoms with van der Waals surface area (Å²) in [5, 5.41) is 9.04. The molecule has 1 N–H and O–H groups in total. The Bertz CT molecular complexity index is 615. The zero-order valence-corrected chi connectivity index (χ0v) is 12.9. The Kier molecular flexibility index (Phi) is 5.00. The largest absolute Gasteiger partial charge is 0.478 e. The van der Waals surface area contributed by atoms with Crippen LogP contribution in [0.25, 0.3) is 0 Å². The van der Waals surface area contributed by atoms with Crippen LogP contribution in [0.3, 0.4) is 0 Å². The normalized spacial score (nSPS) is 19.4. The molecular formula is C15H20O5S. The zero-order chi connectivity index (χ0) is 15.5. The van der Waals surface area contributed by atoms with Gasteiger partial charge in [0.1, 0.15) is 0 Å². The van der Waals surface area contributed by atoms with Crippen LogP contribution in [-0.2, 0) is 21.0 Å². The molecule has 21 heavy (non-hydrogen) atoms. The molecule has 1 aromatic rings. The van der Waals surface area contributed by atoms with Gasteiger partial charge in [0, 0.05) is 6.61 Å². The van der Waals surface area contributed by atoms with Crippen molar-refractivity contribution in [3.05, 3.63) is 29.3 Å². The van der Waals surface area contributed by atoms with Crippen molar-refractivity contribution in [1.82, 2.24) is 0 Å². The van der Waals surface area contributed by atoms with Crippen molar-refractivity contribution in [3.8, 4) is 0 Å². The van der Waals surface area contributed by atoms with Crippen molar-refractivity contribution in [2.45, 2.75) is 43.6 Å². The van der Waals surface area contributed by atoms with Crippen LogP contribution in [0.15, 0.2) is 23.1 Å². The second kappa shape index (κ2) is 6.58. The molecule has 1 heterocycles. The SMILES string of the molecule is CCc1ccc(C(=O)O)cc1S(=O)(=O)CC1CCCCO1. The van der Waals surface area contributed by atoms with Crippen LogP contribution in [-0.4, -0.2) is 38.0 Å². The van der Waals surface area contributed by atoms with Gasteiger partial charge in [0.2, 0.25) is 0 Å². The van der Waals surface area contributed by atoms with Crippen LogP contribution < -0.4 is 0 Å². The Labute approximate surface area is 124 Å². The first-order valence-electron chi connectivity index (χ1n) is 7.14. The fourth-order valence-corrected chi connectivity index (χ4v) is 4.39. The van der Waals surface area contributed by atoms with E-state index in [1.54, 1.807) is 6.07 Å². The molecule has 0 aliphatic carbocycles. The Morgan fingerprint density at radius 1 is 1.38 bits per heavy atom. The molecule has 1 unspecified atom stereocenters. The highest BCUT2D eigenvalue weighted by Crippen LogP contribution is 2.23. The number of sulfone groups is 1. The van der Waals surface area contributed by atoms with Crippen molar-refractivity contribution in [2.75, 3.05) is 12.4 Å². The molecule has 0 aromatic heterocycles. The van der Waals surface area contributed by atoms with Gasteiger partial charge in [-0.25, -0.2) is 13.2 Å². The topological polar surface area (TPSA) is 80.7 Å². The minimum absolute atomic E-state index is 0.00432. The van der Waals surface area contributed by atoms with Gasteiger partial charge in [-0.15, -0.1) is 0 Å². The molecule has 2 rings (SSSR count). The summed E-state index contributed by atoms with van der Waals surface area (Å²) in [5.74, 6) is -1.20. The van der Waals surface area contributed by atoms with E-state index in [-0.39, 0.29) is 22.3 Å². The lowest BCUT2D eigenvalue weighted by Crippen LogP contribution is -2.28. The van der Waals surface area contributed by atoms with Crippen LogP contribution in [0.5, 0.6) is 0 Å². The van der Waals surface area contributed by atoms with Gasteiger partial charge in [-0.1, -0.05) is 13.0 Å². The van der Waals surface area contributed by atoms with Crippen molar-refractivity contribution in [1.29, 1.82) is 0 Å². The first kappa shape index (κ1) is 16.0. The fraction of sp³-hybridized carbons (Fsp3) is 0.533. The third-order valence-electron chi connectivity index (χ3n) is 3.71. The second-order valence-corrected chi connectivity index (χ2v) is 7.25. The summed E-state index contributed by atoms with van der Waals surface area (Å²) in [5.41, 5.74) is 0.645. The van der Waals surface area contributed by atoms with E-state index in [4.69, 9.17) is 9.84 Å². The lowest BCUT2D eigenvalue weighted by molar-refractivity contribution is 0.0305. The number of aryl methyl sites for hydroxylation is 1. The summed E-state index contributed by atoms with van der Waals surface area (Å²) in [6.07, 6.45) is 2.92. The van der Waals surface area contributed by atoms with E-state index >= 15 is 0 Å². The second-order valence-electron chi connectivity index (χ2n) is 5.25. The number of hydrogen-bond acceptors (Lipinski definition) is 4. The molecule has 1 aromatic carbocycles. The Hall–Kier alpha value is -1.40. The minimum Gasteiger partial charge on any atom is -0.478 e. The monoisotopic (exact) mass is 312 g/mol. The lowest BCUT2D eigenvalue weighted by atomic mass is 10.1. The molecule has 1 aliphatic heterocycles. The maximum absolute atomic E-state index is 12.6. The van der Waals surface area contributed by atoms with Crippen LogP contribution in [0.4, 0.5) is 0 Å². The summed E-state index contributed by atoms with van der Waals surface area (Å²) >= 11 is 0. The van der Waals surface area contributed by atoms with Gasteiger partial charge in [-0.3, -0.25) is 0 Å². The van der Waals surface area contributed by atoms with Gasteiger partial charge in [0.05, 0.1) is 22.3 Å². The predicted octanol–water partition coefficient (Wildman–Crippen LogP) is 2.29. The molecular weight excluding hydrogens is 292 g/mol. The standard InChI is InChI=1S/C15H20O5S/c1-2-11-6-7-12(15(16)17)9-14(11)21(18,19)10-13-5-3-4-8-20-13/h6-7,9,13H,2-5,8,10H2,1H3,(H,16,17). The first-order valence-corrected chi connectivity index (χ1v) is 8.80. The van der Waals surface area contributed by atoms with E-state index in [9.17, 15) is 13.2 Å². The molecule has 0 amide bonds. The zero-order valence-electron chi connectivity index (χ0n) is 12.0. The van der Waals surface area contributed by atoms with Gasteiger partial charge in [0.25, 0.3) is 0 Å². The molecule has 116 valence electrons. The molecule has 0 bridgehead atoms. The van der Waals surface area contributed by atoms with Crippen molar-refractivity contribution in [3.63, 3.8) is 0 Å². The highest BCUT2D eigenvalue weighted by Gasteiger charge is 2.26. The minimum atomic E-state index is -3.55. The van der Waals surface area contributed by atoms with Gasteiger partial charge in [0.15, 0.2) is 9.84 Å². The smallest absolute Gasteiger partial charge is 0.335 e. The van der Waals surface area contributed by atoms with Crippen molar-refractivity contribution in [2.24, 2.45) is 0 Å². The molecule has 6 heteroatoms. The number of aromatic carboxylic acids is 1. The molecule has 5 nitrogen and oxygen atoms in total. The van der Waals surface area contributed by atoms with Crippen LogP contribution in [0, 0.1) is 0 Å². The van der Waals surface area contributed by atoms with E-state index in [0.717, 1.165) is 19.3 Å². The summed E-state index contributed by atoms with van der Waals surface area (Å²) in [6, 6.07) is 4.29. The molecule has 1 aliphatic rings. The van der Waals surface area contributed by atoms with Crippen molar-refractivity contribution >= 4 is 15.8 Å².